The molecule has 0 saturated heterocycles. The molecule has 75 heavy (non-hydrogen) atoms. The third kappa shape index (κ3) is 61.8. The minimum absolute atomic E-state index is 0.0805. The van der Waals surface area contributed by atoms with E-state index in [1.165, 1.54) is 205 Å². The average molecular weight is 1050 g/mol. The molecular weight excluding hydrogens is 925 g/mol. The summed E-state index contributed by atoms with van der Waals surface area (Å²) in [7, 11) is 0. The Morgan fingerprint density at radius 1 is 0.280 bits per heavy atom. The van der Waals surface area contributed by atoms with Gasteiger partial charge in [-0.1, -0.05) is 300 Å². The van der Waals surface area contributed by atoms with Gasteiger partial charge >= 0.3 is 17.9 Å². The Kier molecular flexibility index (Phi) is 61.2. The fourth-order valence-electron chi connectivity index (χ4n) is 9.61. The van der Waals surface area contributed by atoms with Crippen molar-refractivity contribution in [3.63, 3.8) is 0 Å². The van der Waals surface area contributed by atoms with Crippen molar-refractivity contribution in [3.8, 4) is 0 Å². The SMILES string of the molecule is CC/C=C\C/C=C\C/C=C\C/C=C\CCCCCCC(=O)OC(COC(=O)CCCCCCCCCCCCC)COC(=O)CCCCCCCCCCCCCCCCCCC/C=C\CCCCCCCCCC. The van der Waals surface area contributed by atoms with Gasteiger partial charge in [-0.2, -0.15) is 0 Å². The smallest absolute Gasteiger partial charge is 0.306 e. The van der Waals surface area contributed by atoms with Crippen LogP contribution in [0.4, 0.5) is 0 Å². The number of hydrogen-bond acceptors (Lipinski definition) is 6. The van der Waals surface area contributed by atoms with Gasteiger partial charge in [0.2, 0.25) is 0 Å². The fourth-order valence-corrected chi connectivity index (χ4v) is 9.61. The Hall–Kier alpha value is -2.89. The molecule has 0 aromatic heterocycles. The molecule has 0 aliphatic rings. The van der Waals surface area contributed by atoms with Crippen molar-refractivity contribution in [1.29, 1.82) is 0 Å². The number of esters is 3. The molecule has 436 valence electrons. The third-order valence-electron chi connectivity index (χ3n) is 14.5. The van der Waals surface area contributed by atoms with E-state index in [0.29, 0.717) is 19.3 Å². The first kappa shape index (κ1) is 72.1. The maximum Gasteiger partial charge on any atom is 0.306 e. The van der Waals surface area contributed by atoms with E-state index >= 15 is 0 Å². The lowest BCUT2D eigenvalue weighted by atomic mass is 10.0. The van der Waals surface area contributed by atoms with E-state index in [1.807, 2.05) is 0 Å². The molecule has 0 radical (unpaired) electrons. The highest BCUT2D eigenvalue weighted by Crippen LogP contribution is 2.17. The molecule has 0 spiro atoms. The summed E-state index contributed by atoms with van der Waals surface area (Å²) < 4.78 is 16.9. The Morgan fingerprint density at radius 3 is 0.827 bits per heavy atom. The van der Waals surface area contributed by atoms with Gasteiger partial charge in [0.1, 0.15) is 13.2 Å². The number of rotatable bonds is 60. The maximum absolute atomic E-state index is 12.9. The van der Waals surface area contributed by atoms with Crippen molar-refractivity contribution >= 4 is 17.9 Å². The predicted octanol–water partition coefficient (Wildman–Crippen LogP) is 22.3. The quantitative estimate of drug-likeness (QED) is 0.0261. The first-order valence-corrected chi connectivity index (χ1v) is 32.8. The highest BCUT2D eigenvalue weighted by Gasteiger charge is 2.19. The van der Waals surface area contributed by atoms with Gasteiger partial charge in [-0.25, -0.2) is 0 Å². The van der Waals surface area contributed by atoms with Crippen LogP contribution in [0.3, 0.4) is 0 Å². The predicted molar refractivity (Wildman–Crippen MR) is 325 cm³/mol. The van der Waals surface area contributed by atoms with E-state index in [0.717, 1.165) is 96.3 Å². The van der Waals surface area contributed by atoms with E-state index in [9.17, 15) is 14.4 Å². The van der Waals surface area contributed by atoms with Crippen LogP contribution in [0.5, 0.6) is 0 Å². The number of ether oxygens (including phenoxy) is 3. The Morgan fingerprint density at radius 2 is 0.520 bits per heavy atom. The van der Waals surface area contributed by atoms with Crippen molar-refractivity contribution in [3.05, 3.63) is 60.8 Å². The molecule has 6 heteroatoms. The summed E-state index contributed by atoms with van der Waals surface area (Å²) in [6.45, 7) is 6.54. The Labute approximate surface area is 466 Å². The monoisotopic (exact) mass is 1050 g/mol. The summed E-state index contributed by atoms with van der Waals surface area (Å²) in [5.41, 5.74) is 0. The standard InChI is InChI=1S/C69H124O6/c1-4-7-10-13-16-19-22-24-26-28-29-30-31-32-33-34-35-36-37-38-39-41-42-44-47-50-53-56-59-62-68(71)74-65-66(64-73-67(70)61-58-55-52-49-46-21-18-15-12-9-6-3)75-69(72)63-60-57-54-51-48-45-43-40-27-25-23-20-17-14-11-8-5-2/h8,11,17,20,25,27-29,43,45,66H,4-7,9-10,12-16,18-19,21-24,26,30-42,44,46-65H2,1-3H3/b11-8-,20-17-,27-25-,29-28-,45-43-. The largest absolute Gasteiger partial charge is 0.462 e. The molecular formula is C69H124O6. The zero-order chi connectivity index (χ0) is 54.3. The van der Waals surface area contributed by atoms with Gasteiger partial charge in [0.25, 0.3) is 0 Å². The lowest BCUT2D eigenvalue weighted by molar-refractivity contribution is -0.167. The minimum atomic E-state index is -0.785. The number of hydrogen-bond donors (Lipinski definition) is 0. The number of allylic oxidation sites excluding steroid dienone is 10. The normalized spacial score (nSPS) is 12.4. The summed E-state index contributed by atoms with van der Waals surface area (Å²) in [6.07, 6.45) is 81.1. The Balaban J connectivity index is 4.17. The molecule has 0 aliphatic carbocycles. The van der Waals surface area contributed by atoms with Crippen molar-refractivity contribution in [2.24, 2.45) is 0 Å². The highest BCUT2D eigenvalue weighted by molar-refractivity contribution is 5.71. The third-order valence-corrected chi connectivity index (χ3v) is 14.5. The van der Waals surface area contributed by atoms with Gasteiger partial charge in [-0.05, 0) is 83.5 Å². The van der Waals surface area contributed by atoms with E-state index in [-0.39, 0.29) is 31.1 Å². The van der Waals surface area contributed by atoms with Crippen molar-refractivity contribution in [2.75, 3.05) is 13.2 Å². The van der Waals surface area contributed by atoms with Crippen LogP contribution in [0, 0.1) is 0 Å². The number of unbranched alkanes of at least 4 members (excludes halogenated alkanes) is 39. The van der Waals surface area contributed by atoms with Crippen LogP contribution in [0.1, 0.15) is 342 Å². The second-order valence-electron chi connectivity index (χ2n) is 22.0. The van der Waals surface area contributed by atoms with Crippen molar-refractivity contribution in [2.45, 2.75) is 348 Å². The zero-order valence-electron chi connectivity index (χ0n) is 50.1. The number of carbonyl (C=O) groups is 3. The van der Waals surface area contributed by atoms with E-state index in [2.05, 4.69) is 81.5 Å². The van der Waals surface area contributed by atoms with Crippen LogP contribution in [0.25, 0.3) is 0 Å². The maximum atomic E-state index is 12.9. The second kappa shape index (κ2) is 63.6. The van der Waals surface area contributed by atoms with Gasteiger partial charge in [0, 0.05) is 19.3 Å². The molecule has 0 amide bonds. The van der Waals surface area contributed by atoms with Crippen molar-refractivity contribution < 1.29 is 28.6 Å². The fraction of sp³-hybridized carbons (Fsp3) is 0.812. The summed E-state index contributed by atoms with van der Waals surface area (Å²) in [5, 5.41) is 0. The van der Waals surface area contributed by atoms with E-state index in [4.69, 9.17) is 14.2 Å². The van der Waals surface area contributed by atoms with Gasteiger partial charge in [0.05, 0.1) is 0 Å². The van der Waals surface area contributed by atoms with E-state index in [1.54, 1.807) is 0 Å². The molecule has 1 atom stereocenters. The molecule has 1 unspecified atom stereocenters. The van der Waals surface area contributed by atoms with Crippen LogP contribution in [0.15, 0.2) is 60.8 Å². The molecule has 0 rings (SSSR count). The van der Waals surface area contributed by atoms with Gasteiger partial charge < -0.3 is 14.2 Å². The first-order valence-electron chi connectivity index (χ1n) is 32.8. The summed E-state index contributed by atoms with van der Waals surface area (Å²) in [5.74, 6) is -0.888. The molecule has 0 saturated carbocycles. The Bertz CT molecular complexity index is 1340. The molecule has 0 heterocycles. The van der Waals surface area contributed by atoms with Gasteiger partial charge in [-0.15, -0.1) is 0 Å². The number of carbonyl (C=O) groups excluding carboxylic acids is 3. The van der Waals surface area contributed by atoms with Crippen LogP contribution in [-0.4, -0.2) is 37.2 Å². The van der Waals surface area contributed by atoms with Crippen LogP contribution < -0.4 is 0 Å². The molecule has 0 fully saturated rings. The molecule has 6 nitrogen and oxygen atoms in total. The average Bonchev–Trinajstić information content (AvgIpc) is 3.41. The minimum Gasteiger partial charge on any atom is -0.462 e. The van der Waals surface area contributed by atoms with E-state index < -0.39 is 6.10 Å². The first-order chi connectivity index (χ1) is 37.0. The van der Waals surface area contributed by atoms with Gasteiger partial charge in [-0.3, -0.25) is 14.4 Å². The molecule has 0 aliphatic heterocycles. The topological polar surface area (TPSA) is 78.9 Å². The van der Waals surface area contributed by atoms with Gasteiger partial charge in [0.15, 0.2) is 6.10 Å². The van der Waals surface area contributed by atoms with Crippen LogP contribution in [0.2, 0.25) is 0 Å². The lowest BCUT2D eigenvalue weighted by Crippen LogP contribution is -2.30. The van der Waals surface area contributed by atoms with Crippen molar-refractivity contribution in [1.82, 2.24) is 0 Å². The summed E-state index contributed by atoms with van der Waals surface area (Å²) in [6, 6.07) is 0. The lowest BCUT2D eigenvalue weighted by Gasteiger charge is -2.18. The molecule has 0 aromatic rings. The van der Waals surface area contributed by atoms with Crippen LogP contribution in [-0.2, 0) is 28.6 Å². The zero-order valence-corrected chi connectivity index (χ0v) is 50.1. The van der Waals surface area contributed by atoms with Crippen LogP contribution >= 0.6 is 0 Å². The molecule has 0 aromatic carbocycles. The second-order valence-corrected chi connectivity index (χ2v) is 22.0. The highest BCUT2D eigenvalue weighted by atomic mass is 16.6. The molecule has 0 bridgehead atoms. The molecule has 0 N–H and O–H groups in total. The summed E-state index contributed by atoms with van der Waals surface area (Å²) in [4.78, 5) is 38.2. The summed E-state index contributed by atoms with van der Waals surface area (Å²) >= 11 is 0.